The Morgan fingerprint density at radius 2 is 1.00 bits per heavy atom. The summed E-state index contributed by atoms with van der Waals surface area (Å²) in [6, 6.07) is 20.0. The molecule has 14 heavy (non-hydrogen) atoms. The molecule has 2 aromatic rings. The van der Waals surface area contributed by atoms with Crippen molar-refractivity contribution in [1.82, 2.24) is 0 Å². The molecule has 0 aliphatic rings. The van der Waals surface area contributed by atoms with Crippen molar-refractivity contribution in [3.8, 4) is 0 Å². The summed E-state index contributed by atoms with van der Waals surface area (Å²) in [5, 5.41) is 0. The molecule has 0 fully saturated rings. The molecule has 0 radical (unpaired) electrons. The number of hydrogen-bond acceptors (Lipinski definition) is 0. The van der Waals surface area contributed by atoms with Crippen LogP contribution in [-0.4, -0.2) is 0 Å². The van der Waals surface area contributed by atoms with Gasteiger partial charge in [-0.2, -0.15) is 36.4 Å². The standard InChI is InChI=1S/2C5H5.ClH.2HI.Nb/c2*1-2-4-5-3-1;;;;/h2*1-5H;3*1H;/q2*-1;;;;+3/p-3. The molecule has 0 amide bonds. The predicted octanol–water partition coefficient (Wildman–Crippen LogP) is 5.27. The summed E-state index contributed by atoms with van der Waals surface area (Å²) in [6.07, 6.45) is 0. The molecule has 0 saturated carbocycles. The second kappa shape index (κ2) is 12.3. The molecule has 0 aromatic heterocycles. The van der Waals surface area contributed by atoms with Crippen molar-refractivity contribution in [2.75, 3.05) is 0 Å². The van der Waals surface area contributed by atoms with E-state index in [-0.39, 0.29) is 0 Å². The molecular formula is C10H10ClI2Nb-2. The van der Waals surface area contributed by atoms with Crippen molar-refractivity contribution in [2.45, 2.75) is 0 Å². The van der Waals surface area contributed by atoms with Gasteiger partial charge in [0.15, 0.2) is 0 Å². The molecule has 0 bridgehead atoms. The van der Waals surface area contributed by atoms with Crippen LogP contribution in [0.5, 0.6) is 0 Å². The van der Waals surface area contributed by atoms with Crippen molar-refractivity contribution in [1.29, 1.82) is 0 Å². The third-order valence-corrected chi connectivity index (χ3v) is 1.11. The first-order chi connectivity index (χ1) is 6.73. The number of rotatable bonds is 0. The van der Waals surface area contributed by atoms with Crippen molar-refractivity contribution in [2.24, 2.45) is 0 Å². The first-order valence-corrected chi connectivity index (χ1v) is 19.7. The maximum atomic E-state index is 5.43. The normalized spacial score (nSPS) is 8.29. The quantitative estimate of drug-likeness (QED) is 0.257. The van der Waals surface area contributed by atoms with Crippen molar-refractivity contribution < 1.29 is 9.73 Å². The Morgan fingerprint density at radius 3 is 1.07 bits per heavy atom. The Morgan fingerprint density at radius 1 is 0.786 bits per heavy atom. The van der Waals surface area contributed by atoms with Crippen LogP contribution in [0.1, 0.15) is 0 Å². The Bertz CT molecular complexity index is 190. The summed E-state index contributed by atoms with van der Waals surface area (Å²) in [5.41, 5.74) is 0. The molecule has 0 heterocycles. The van der Waals surface area contributed by atoms with Crippen LogP contribution in [0.15, 0.2) is 60.7 Å². The second-order valence-corrected chi connectivity index (χ2v) is 34.1. The summed E-state index contributed by atoms with van der Waals surface area (Å²) in [5.74, 6) is 0. The summed E-state index contributed by atoms with van der Waals surface area (Å²) >= 11 is 4.56. The summed E-state index contributed by atoms with van der Waals surface area (Å²) in [4.78, 5) is 0. The smallest absolute Gasteiger partial charge is 0.172 e. The molecular weight excluding hydrogens is 502 g/mol. The fourth-order valence-corrected chi connectivity index (χ4v) is 0.642. The van der Waals surface area contributed by atoms with Gasteiger partial charge in [-0.05, 0) is 0 Å². The second-order valence-electron chi connectivity index (χ2n) is 2.12. The molecule has 0 unspecified atom stereocenters. The number of hydrogen-bond donors (Lipinski definition) is 0. The van der Waals surface area contributed by atoms with Crippen LogP contribution in [0.3, 0.4) is 0 Å². The SMILES string of the molecule is [Cl][Nb]([I])[I].c1cc[cH-]c1.c1cc[cH-]c1. The molecule has 0 saturated heterocycles. The molecule has 0 spiro atoms. The maximum Gasteiger partial charge on any atom is -0.172 e. The molecule has 78 valence electrons. The van der Waals surface area contributed by atoms with Gasteiger partial charge in [0.05, 0.1) is 0 Å². The average Bonchev–Trinajstić information content (AvgIpc) is 2.83. The van der Waals surface area contributed by atoms with E-state index in [9.17, 15) is 0 Å². The van der Waals surface area contributed by atoms with Crippen molar-refractivity contribution >= 4 is 47.2 Å². The molecule has 0 atom stereocenters. The van der Waals surface area contributed by atoms with Gasteiger partial charge in [-0.25, -0.2) is 24.3 Å². The fourth-order valence-electron chi connectivity index (χ4n) is 0.642. The van der Waals surface area contributed by atoms with E-state index >= 15 is 0 Å². The Hall–Kier alpha value is 1.19. The Labute approximate surface area is 116 Å². The van der Waals surface area contributed by atoms with Crippen LogP contribution >= 0.6 is 47.2 Å². The third kappa shape index (κ3) is 15.7. The first kappa shape index (κ1) is 15.2. The molecule has 2 aromatic carbocycles. The summed E-state index contributed by atoms with van der Waals surface area (Å²) in [6.45, 7) is 0. The van der Waals surface area contributed by atoms with E-state index in [1.165, 1.54) is 0 Å². The molecule has 2 rings (SSSR count). The minimum absolute atomic E-state index is 1.04. The van der Waals surface area contributed by atoms with Gasteiger partial charge in [-0.1, -0.05) is 0 Å². The minimum Gasteiger partial charge on any atom is -0.214 e. The predicted molar refractivity (Wildman–Crippen MR) is 78.0 cm³/mol. The monoisotopic (exact) mass is 512 g/mol. The van der Waals surface area contributed by atoms with E-state index in [0.29, 0.717) is 0 Å². The molecule has 0 aliphatic carbocycles. The zero-order valence-electron chi connectivity index (χ0n) is 7.35. The molecule has 4 heteroatoms. The molecule has 0 nitrogen and oxygen atoms in total. The van der Waals surface area contributed by atoms with E-state index in [0.717, 1.165) is 0 Å². The van der Waals surface area contributed by atoms with Gasteiger partial charge in [0, 0.05) is 0 Å². The van der Waals surface area contributed by atoms with E-state index < -0.39 is 9.73 Å². The zero-order valence-corrected chi connectivity index (χ0v) is 14.6. The Kier molecular flexibility index (Phi) is 13.3. The fraction of sp³-hybridized carbons (Fsp3) is 0. The average molecular weight is 512 g/mol. The van der Waals surface area contributed by atoms with Crippen molar-refractivity contribution in [3.05, 3.63) is 60.7 Å². The zero-order chi connectivity index (χ0) is 10.6. The number of halogens is 3. The van der Waals surface area contributed by atoms with Gasteiger partial charge in [-0.15, -0.1) is 0 Å². The van der Waals surface area contributed by atoms with Crippen LogP contribution < -0.4 is 0 Å². The van der Waals surface area contributed by atoms with Crippen LogP contribution in [0.25, 0.3) is 0 Å². The minimum atomic E-state index is -1.04. The van der Waals surface area contributed by atoms with E-state index in [4.69, 9.17) is 9.19 Å². The van der Waals surface area contributed by atoms with Crippen molar-refractivity contribution in [3.63, 3.8) is 0 Å². The molecule has 0 N–H and O–H groups in total. The largest absolute Gasteiger partial charge is 0.214 e. The van der Waals surface area contributed by atoms with Gasteiger partial charge in [0.1, 0.15) is 0 Å². The Balaban J connectivity index is 0.000000183. The van der Waals surface area contributed by atoms with Crippen LogP contribution in [-0.2, 0) is 9.73 Å². The first-order valence-electron chi connectivity index (χ1n) is 3.84. The molecule has 0 aliphatic heterocycles. The van der Waals surface area contributed by atoms with Crippen LogP contribution in [0.4, 0.5) is 0 Å². The van der Waals surface area contributed by atoms with E-state index in [2.05, 4.69) is 38.0 Å². The van der Waals surface area contributed by atoms with Gasteiger partial charge >= 0.3 is 57.0 Å². The van der Waals surface area contributed by atoms with Gasteiger partial charge in [0.2, 0.25) is 0 Å². The van der Waals surface area contributed by atoms with Gasteiger partial charge < -0.3 is 0 Å². The van der Waals surface area contributed by atoms with Crippen LogP contribution in [0, 0.1) is 0 Å². The van der Waals surface area contributed by atoms with Crippen LogP contribution in [0.2, 0.25) is 0 Å². The summed E-state index contributed by atoms with van der Waals surface area (Å²) < 4.78 is 0. The maximum absolute atomic E-state index is 5.43. The topological polar surface area (TPSA) is 0 Å². The third-order valence-electron chi connectivity index (χ3n) is 1.11. The van der Waals surface area contributed by atoms with Gasteiger partial charge in [-0.3, -0.25) is 0 Å². The summed E-state index contributed by atoms with van der Waals surface area (Å²) in [7, 11) is 4.39. The van der Waals surface area contributed by atoms with E-state index in [1.807, 2.05) is 60.7 Å². The van der Waals surface area contributed by atoms with Gasteiger partial charge in [0.25, 0.3) is 0 Å². The van der Waals surface area contributed by atoms with E-state index in [1.54, 1.807) is 0 Å².